The number of carbonyl (C=O) groups is 1. The zero-order chi connectivity index (χ0) is 22.5. The third-order valence-electron chi connectivity index (χ3n) is 6.20. The van der Waals surface area contributed by atoms with Gasteiger partial charge in [-0.3, -0.25) is 4.79 Å². The summed E-state index contributed by atoms with van der Waals surface area (Å²) in [5.74, 6) is -0.995. The number of hydrogen-bond donors (Lipinski definition) is 1. The summed E-state index contributed by atoms with van der Waals surface area (Å²) >= 11 is 6.42. The van der Waals surface area contributed by atoms with Crippen LogP contribution in [0.3, 0.4) is 0 Å². The Kier molecular flexibility index (Phi) is 5.66. The monoisotopic (exact) mass is 458 g/mol. The van der Waals surface area contributed by atoms with Gasteiger partial charge in [0.05, 0.1) is 6.04 Å². The maximum Gasteiger partial charge on any atom is 0.410 e. The lowest BCUT2D eigenvalue weighted by Crippen LogP contribution is -2.47. The van der Waals surface area contributed by atoms with Crippen molar-refractivity contribution in [3.05, 3.63) is 46.4 Å². The Morgan fingerprint density at radius 3 is 2.35 bits per heavy atom. The van der Waals surface area contributed by atoms with Crippen molar-refractivity contribution in [3.8, 4) is 0 Å². The number of nitrogens with one attached hydrogen (secondary N) is 1. The highest BCUT2D eigenvalue weighted by Gasteiger charge is 2.48. The number of nitrogens with zero attached hydrogens (tertiary/aromatic N) is 3. The number of amides is 1. The largest absolute Gasteiger partial charge is 0.410 e. The second kappa shape index (κ2) is 8.00. The van der Waals surface area contributed by atoms with Crippen molar-refractivity contribution in [1.29, 1.82) is 0 Å². The molecule has 2 aromatic rings. The zero-order valence-electron chi connectivity index (χ0n) is 17.1. The van der Waals surface area contributed by atoms with Crippen LogP contribution in [0, 0.1) is 5.82 Å². The molecule has 10 heteroatoms. The SMILES string of the molecule is C[C@@H]1CCC[C@@H](C)N1C(=O)c1nn2c(c1Cl)N[C@H](c1ccc(F)cc1)C[C@@H]2C(F)(F)F. The lowest BCUT2D eigenvalue weighted by Gasteiger charge is -2.38. The molecule has 1 N–H and O–H groups in total. The first-order valence-corrected chi connectivity index (χ1v) is 10.6. The highest BCUT2D eigenvalue weighted by Crippen LogP contribution is 2.46. The molecule has 0 aliphatic carbocycles. The van der Waals surface area contributed by atoms with Crippen LogP contribution in [0.4, 0.5) is 23.4 Å². The lowest BCUT2D eigenvalue weighted by atomic mass is 9.96. The van der Waals surface area contributed by atoms with E-state index in [0.29, 0.717) is 5.56 Å². The summed E-state index contributed by atoms with van der Waals surface area (Å²) in [7, 11) is 0. The van der Waals surface area contributed by atoms with Gasteiger partial charge in [0, 0.05) is 18.5 Å². The average molecular weight is 459 g/mol. The van der Waals surface area contributed by atoms with Crippen LogP contribution in [0.1, 0.15) is 67.7 Å². The Balaban J connectivity index is 1.74. The van der Waals surface area contributed by atoms with Crippen LogP contribution >= 0.6 is 11.6 Å². The van der Waals surface area contributed by atoms with Gasteiger partial charge in [-0.25, -0.2) is 9.07 Å². The molecule has 1 amide bonds. The third-order valence-corrected chi connectivity index (χ3v) is 6.56. The van der Waals surface area contributed by atoms with Gasteiger partial charge in [-0.2, -0.15) is 18.3 Å². The van der Waals surface area contributed by atoms with E-state index >= 15 is 0 Å². The van der Waals surface area contributed by atoms with Crippen molar-refractivity contribution >= 4 is 23.3 Å². The molecule has 168 valence electrons. The van der Waals surface area contributed by atoms with Crippen molar-refractivity contribution in [2.45, 2.75) is 69.9 Å². The first-order valence-electron chi connectivity index (χ1n) is 10.3. The minimum Gasteiger partial charge on any atom is -0.362 e. The molecule has 0 bridgehead atoms. The van der Waals surface area contributed by atoms with E-state index in [4.69, 9.17) is 11.6 Å². The van der Waals surface area contributed by atoms with Gasteiger partial charge in [-0.1, -0.05) is 23.7 Å². The zero-order valence-corrected chi connectivity index (χ0v) is 17.8. The van der Waals surface area contributed by atoms with Gasteiger partial charge in [0.15, 0.2) is 11.7 Å². The van der Waals surface area contributed by atoms with Gasteiger partial charge < -0.3 is 10.2 Å². The number of hydrogen-bond acceptors (Lipinski definition) is 3. The molecule has 0 unspecified atom stereocenters. The molecule has 2 aliphatic rings. The summed E-state index contributed by atoms with van der Waals surface area (Å²) in [5, 5.41) is 6.89. The minimum atomic E-state index is -4.60. The minimum absolute atomic E-state index is 0.0507. The number of fused-ring (bicyclic) bond motifs is 1. The van der Waals surface area contributed by atoms with Crippen molar-refractivity contribution in [3.63, 3.8) is 0 Å². The highest BCUT2D eigenvalue weighted by atomic mass is 35.5. The molecule has 4 rings (SSSR count). The number of aromatic nitrogens is 2. The summed E-state index contributed by atoms with van der Waals surface area (Å²) in [6.07, 6.45) is -2.34. The number of benzene rings is 1. The van der Waals surface area contributed by atoms with E-state index in [1.165, 1.54) is 24.3 Å². The second-order valence-electron chi connectivity index (χ2n) is 8.34. The Morgan fingerprint density at radius 1 is 1.16 bits per heavy atom. The molecule has 31 heavy (non-hydrogen) atoms. The van der Waals surface area contributed by atoms with Crippen LogP contribution in [0.25, 0.3) is 0 Å². The van der Waals surface area contributed by atoms with Gasteiger partial charge in [0.1, 0.15) is 16.7 Å². The Hall–Kier alpha value is -2.29. The van der Waals surface area contributed by atoms with E-state index in [1.807, 2.05) is 13.8 Å². The van der Waals surface area contributed by atoms with E-state index in [9.17, 15) is 22.4 Å². The molecular formula is C21H23ClF4N4O. The van der Waals surface area contributed by atoms with Crippen molar-refractivity contribution in [2.75, 3.05) is 5.32 Å². The van der Waals surface area contributed by atoms with Crippen LogP contribution in [-0.2, 0) is 0 Å². The van der Waals surface area contributed by atoms with E-state index in [2.05, 4.69) is 10.4 Å². The summed E-state index contributed by atoms with van der Waals surface area (Å²) in [4.78, 5) is 14.9. The van der Waals surface area contributed by atoms with Crippen molar-refractivity contribution in [2.24, 2.45) is 0 Å². The van der Waals surface area contributed by atoms with Crippen LogP contribution in [-0.4, -0.2) is 38.8 Å². The van der Waals surface area contributed by atoms with Gasteiger partial charge in [-0.05, 0) is 50.8 Å². The Bertz CT molecular complexity index is 965. The average Bonchev–Trinajstić information content (AvgIpc) is 3.03. The molecule has 2 aliphatic heterocycles. The number of anilines is 1. The maximum atomic E-state index is 13.9. The van der Waals surface area contributed by atoms with Crippen LogP contribution in [0.5, 0.6) is 0 Å². The molecule has 1 aromatic carbocycles. The predicted molar refractivity (Wildman–Crippen MR) is 109 cm³/mol. The van der Waals surface area contributed by atoms with Gasteiger partial charge in [-0.15, -0.1) is 0 Å². The molecule has 0 saturated carbocycles. The van der Waals surface area contributed by atoms with Gasteiger partial charge in [0.2, 0.25) is 0 Å². The predicted octanol–water partition coefficient (Wildman–Crippen LogP) is 5.74. The summed E-state index contributed by atoms with van der Waals surface area (Å²) in [6, 6.07) is 2.43. The summed E-state index contributed by atoms with van der Waals surface area (Å²) < 4.78 is 55.8. The Morgan fingerprint density at radius 2 is 1.77 bits per heavy atom. The number of piperidine rings is 1. The Labute approximate surface area is 182 Å². The summed E-state index contributed by atoms with van der Waals surface area (Å²) in [6.45, 7) is 3.83. The highest BCUT2D eigenvalue weighted by molar-refractivity contribution is 6.36. The molecule has 0 radical (unpaired) electrons. The fourth-order valence-electron chi connectivity index (χ4n) is 4.58. The number of likely N-dealkylation sites (tertiary alicyclic amines) is 1. The quantitative estimate of drug-likeness (QED) is 0.584. The van der Waals surface area contributed by atoms with Crippen LogP contribution in [0.2, 0.25) is 5.02 Å². The maximum absolute atomic E-state index is 13.9. The summed E-state index contributed by atoms with van der Waals surface area (Å²) in [5.41, 5.74) is 0.309. The number of rotatable bonds is 2. The molecule has 0 spiro atoms. The molecule has 5 nitrogen and oxygen atoms in total. The van der Waals surface area contributed by atoms with Gasteiger partial charge in [0.25, 0.3) is 5.91 Å². The van der Waals surface area contributed by atoms with E-state index in [-0.39, 0.29) is 35.0 Å². The second-order valence-corrected chi connectivity index (χ2v) is 8.72. The van der Waals surface area contributed by atoms with E-state index in [1.54, 1.807) is 4.90 Å². The van der Waals surface area contributed by atoms with E-state index < -0.39 is 30.0 Å². The lowest BCUT2D eigenvalue weighted by molar-refractivity contribution is -0.173. The fourth-order valence-corrected chi connectivity index (χ4v) is 4.84. The first-order chi connectivity index (χ1) is 14.6. The molecule has 4 atom stereocenters. The topological polar surface area (TPSA) is 50.2 Å². The molecule has 3 heterocycles. The van der Waals surface area contributed by atoms with Crippen LogP contribution in [0.15, 0.2) is 24.3 Å². The normalized spacial score (nSPS) is 26.4. The molecule has 1 fully saturated rings. The van der Waals surface area contributed by atoms with Crippen molar-refractivity contribution in [1.82, 2.24) is 14.7 Å². The standard InChI is InChI=1S/C21H23ClF4N4O/c1-11-4-3-5-12(2)29(11)20(31)18-17(22)19-27-15(13-6-8-14(23)9-7-13)10-16(21(24,25)26)30(19)28-18/h6-9,11-12,15-16,27H,3-5,10H2,1-2H3/t11-,12-,15+,16-/m1/s1. The molecule has 1 aromatic heterocycles. The van der Waals surface area contributed by atoms with Crippen LogP contribution < -0.4 is 5.32 Å². The third kappa shape index (κ3) is 4.00. The van der Waals surface area contributed by atoms with Crippen molar-refractivity contribution < 1.29 is 22.4 Å². The molecule has 1 saturated heterocycles. The first kappa shape index (κ1) is 21.9. The molecular weight excluding hydrogens is 436 g/mol. The van der Waals surface area contributed by atoms with Gasteiger partial charge >= 0.3 is 6.18 Å². The number of halogens is 5. The number of carbonyl (C=O) groups excluding carboxylic acids is 1. The van der Waals surface area contributed by atoms with E-state index in [0.717, 1.165) is 23.9 Å². The smallest absolute Gasteiger partial charge is 0.362 e. The number of alkyl halides is 3. The fraction of sp³-hybridized carbons (Fsp3) is 0.524.